The lowest BCUT2D eigenvalue weighted by Gasteiger charge is -2.30. The molecule has 0 bridgehead atoms. The van der Waals surface area contributed by atoms with Gasteiger partial charge < -0.3 is 15.2 Å². The van der Waals surface area contributed by atoms with E-state index in [1.807, 2.05) is 6.92 Å². The fourth-order valence-corrected chi connectivity index (χ4v) is 5.78. The van der Waals surface area contributed by atoms with Crippen molar-refractivity contribution >= 4 is 35.0 Å². The molecule has 3 amide bonds. The van der Waals surface area contributed by atoms with Gasteiger partial charge in [0.15, 0.2) is 0 Å². The minimum absolute atomic E-state index is 0.0698. The van der Waals surface area contributed by atoms with Gasteiger partial charge in [0.05, 0.1) is 31.6 Å². The number of ether oxygens (including phenoxy) is 1. The molecule has 2 saturated heterocycles. The lowest BCUT2D eigenvalue weighted by atomic mass is 9.76. The van der Waals surface area contributed by atoms with E-state index in [4.69, 9.17) is 16.3 Å². The van der Waals surface area contributed by atoms with Gasteiger partial charge in [0.2, 0.25) is 17.7 Å². The summed E-state index contributed by atoms with van der Waals surface area (Å²) in [7, 11) is 1.56. The Balaban J connectivity index is 1.60. The first kappa shape index (κ1) is 21.9. The predicted octanol–water partition coefficient (Wildman–Crippen LogP) is 1.96. The number of rotatable bonds is 4. The van der Waals surface area contributed by atoms with Gasteiger partial charge >= 0.3 is 0 Å². The number of nitrogens with one attached hydrogen (secondary N) is 2. The van der Waals surface area contributed by atoms with Crippen LogP contribution in [0.2, 0.25) is 5.02 Å². The minimum Gasteiger partial charge on any atom is -0.497 e. The molecular formula is C24H24ClN3O5. The zero-order valence-electron chi connectivity index (χ0n) is 18.4. The van der Waals surface area contributed by atoms with Crippen molar-refractivity contribution in [2.75, 3.05) is 12.4 Å². The Bertz CT molecular complexity index is 1180. The predicted molar refractivity (Wildman–Crippen MR) is 121 cm³/mol. The molecule has 2 aromatic rings. The number of fused-ring (bicyclic) bond motifs is 4. The molecule has 8 nitrogen and oxygen atoms in total. The zero-order valence-corrected chi connectivity index (χ0v) is 19.1. The summed E-state index contributed by atoms with van der Waals surface area (Å²) in [6, 6.07) is 9.70. The summed E-state index contributed by atoms with van der Waals surface area (Å²) < 4.78 is 5.17. The number of carbonyl (C=O) groups excluding carboxylic acids is 3. The third-order valence-corrected chi connectivity index (χ3v) is 7.25. The van der Waals surface area contributed by atoms with Crippen molar-refractivity contribution in [1.29, 1.82) is 0 Å². The summed E-state index contributed by atoms with van der Waals surface area (Å²) in [6.45, 7) is 3.44. The molecule has 2 aromatic carbocycles. The van der Waals surface area contributed by atoms with Gasteiger partial charge in [-0.1, -0.05) is 23.7 Å². The van der Waals surface area contributed by atoms with Gasteiger partial charge in [-0.25, -0.2) is 0 Å². The largest absolute Gasteiger partial charge is 0.497 e. The Morgan fingerprint density at radius 1 is 1.18 bits per heavy atom. The molecule has 0 unspecified atom stereocenters. The SMILES string of the molecule is COc1ccc(CN2C(=O)[C@@H]3[C@H]([C@@H](C)O)N[C@@]4(C(=O)Nc5c(C)cc(Cl)cc54)[C@@H]3C2=O)cc1. The van der Waals surface area contributed by atoms with Crippen molar-refractivity contribution < 1.29 is 24.2 Å². The second-order valence-electron chi connectivity index (χ2n) is 8.93. The number of hydrogen-bond donors (Lipinski definition) is 3. The number of methoxy groups -OCH3 is 1. The van der Waals surface area contributed by atoms with Crippen LogP contribution < -0.4 is 15.4 Å². The molecule has 3 N–H and O–H groups in total. The molecule has 1 spiro atoms. The summed E-state index contributed by atoms with van der Waals surface area (Å²) in [4.78, 5) is 41.8. The van der Waals surface area contributed by atoms with E-state index in [-0.39, 0.29) is 6.54 Å². The second kappa shape index (κ2) is 7.55. The van der Waals surface area contributed by atoms with Gasteiger partial charge in [-0.15, -0.1) is 0 Å². The fourth-order valence-electron chi connectivity index (χ4n) is 5.51. The number of aliphatic hydroxyl groups excluding tert-OH is 1. The molecular weight excluding hydrogens is 446 g/mol. The molecule has 3 aliphatic rings. The van der Waals surface area contributed by atoms with Crippen LogP contribution in [0.1, 0.15) is 23.6 Å². The maximum atomic E-state index is 13.7. The van der Waals surface area contributed by atoms with Crippen LogP contribution in [0.25, 0.3) is 0 Å². The summed E-state index contributed by atoms with van der Waals surface area (Å²) in [6.07, 6.45) is -0.966. The van der Waals surface area contributed by atoms with Crippen LogP contribution >= 0.6 is 11.6 Å². The van der Waals surface area contributed by atoms with Crippen LogP contribution in [0.4, 0.5) is 5.69 Å². The first-order valence-electron chi connectivity index (χ1n) is 10.7. The van der Waals surface area contributed by atoms with Gasteiger partial charge in [-0.05, 0) is 49.2 Å². The summed E-state index contributed by atoms with van der Waals surface area (Å²) in [5.74, 6) is -2.49. The Labute approximate surface area is 195 Å². The molecule has 0 saturated carbocycles. The van der Waals surface area contributed by atoms with E-state index < -0.39 is 47.2 Å². The number of anilines is 1. The van der Waals surface area contributed by atoms with Gasteiger partial charge in [0.25, 0.3) is 0 Å². The van der Waals surface area contributed by atoms with E-state index in [9.17, 15) is 19.5 Å². The Morgan fingerprint density at radius 2 is 1.88 bits per heavy atom. The standard InChI is InChI=1S/C24H24ClN3O5/c1-11-8-14(25)9-16-19(11)26-23(32)24(16)18-17(20(27-24)12(2)29)21(30)28(22(18)31)10-13-4-6-15(33-3)7-5-13/h4-9,12,17-18,20,27,29H,10H2,1-3H3,(H,26,32)/t12-,17+,18+,20+,24-/m1/s1. The third kappa shape index (κ3) is 3.01. The number of halogens is 1. The van der Waals surface area contributed by atoms with Crippen molar-refractivity contribution in [3.8, 4) is 5.75 Å². The Morgan fingerprint density at radius 3 is 2.52 bits per heavy atom. The highest BCUT2D eigenvalue weighted by Gasteiger charge is 2.71. The number of benzene rings is 2. The smallest absolute Gasteiger partial charge is 0.250 e. The van der Waals surface area contributed by atoms with Crippen molar-refractivity contribution in [2.45, 2.75) is 38.1 Å². The van der Waals surface area contributed by atoms with Crippen molar-refractivity contribution in [3.63, 3.8) is 0 Å². The van der Waals surface area contributed by atoms with Crippen LogP contribution in [0, 0.1) is 18.8 Å². The van der Waals surface area contributed by atoms with E-state index >= 15 is 0 Å². The van der Waals surface area contributed by atoms with Gasteiger partial charge in [-0.2, -0.15) is 0 Å². The minimum atomic E-state index is -1.49. The Hall–Kier alpha value is -2.94. The first-order valence-corrected chi connectivity index (χ1v) is 11.1. The van der Waals surface area contributed by atoms with Crippen LogP contribution in [0.3, 0.4) is 0 Å². The molecule has 9 heteroatoms. The van der Waals surface area contributed by atoms with Crippen LogP contribution in [0.15, 0.2) is 36.4 Å². The highest BCUT2D eigenvalue weighted by Crippen LogP contribution is 2.54. The zero-order chi connectivity index (χ0) is 23.7. The quantitative estimate of drug-likeness (QED) is 0.591. The molecule has 5 atom stereocenters. The molecule has 0 radical (unpaired) electrons. The number of nitrogens with zero attached hydrogens (tertiary/aromatic N) is 1. The third-order valence-electron chi connectivity index (χ3n) is 7.03. The van der Waals surface area contributed by atoms with Crippen LogP contribution in [-0.4, -0.2) is 47.0 Å². The topological polar surface area (TPSA) is 108 Å². The molecule has 0 aliphatic carbocycles. The second-order valence-corrected chi connectivity index (χ2v) is 9.37. The van der Waals surface area contributed by atoms with E-state index in [2.05, 4.69) is 10.6 Å². The molecule has 172 valence electrons. The average molecular weight is 470 g/mol. The van der Waals surface area contributed by atoms with Crippen LogP contribution in [-0.2, 0) is 26.5 Å². The van der Waals surface area contributed by atoms with Gasteiger partial charge in [0, 0.05) is 22.3 Å². The molecule has 2 fully saturated rings. The molecule has 33 heavy (non-hydrogen) atoms. The first-order chi connectivity index (χ1) is 15.7. The number of hydrogen-bond acceptors (Lipinski definition) is 6. The van der Waals surface area contributed by atoms with Crippen LogP contribution in [0.5, 0.6) is 5.75 Å². The number of carbonyl (C=O) groups is 3. The lowest BCUT2D eigenvalue weighted by molar-refractivity contribution is -0.143. The normalized spacial score (nSPS) is 28.8. The number of amides is 3. The highest BCUT2D eigenvalue weighted by atomic mass is 35.5. The molecule has 3 aliphatic heterocycles. The lowest BCUT2D eigenvalue weighted by Crippen LogP contribution is -2.54. The van der Waals surface area contributed by atoms with E-state index in [1.165, 1.54) is 4.90 Å². The maximum Gasteiger partial charge on any atom is 0.250 e. The summed E-state index contributed by atoms with van der Waals surface area (Å²) in [5.41, 5.74) is 1.13. The molecule has 3 heterocycles. The number of likely N-dealkylation sites (tertiary alicyclic amines) is 1. The van der Waals surface area contributed by atoms with Gasteiger partial charge in [-0.3, -0.25) is 24.6 Å². The monoisotopic (exact) mass is 469 g/mol. The van der Waals surface area contributed by atoms with Crippen molar-refractivity contribution in [1.82, 2.24) is 10.2 Å². The highest BCUT2D eigenvalue weighted by molar-refractivity contribution is 6.31. The fraction of sp³-hybridized carbons (Fsp3) is 0.375. The van der Waals surface area contributed by atoms with E-state index in [1.54, 1.807) is 50.4 Å². The van der Waals surface area contributed by atoms with E-state index in [0.29, 0.717) is 22.0 Å². The maximum absolute atomic E-state index is 13.7. The molecule has 0 aromatic heterocycles. The van der Waals surface area contributed by atoms with E-state index in [0.717, 1.165) is 11.1 Å². The number of aryl methyl sites for hydroxylation is 1. The van der Waals surface area contributed by atoms with Gasteiger partial charge in [0.1, 0.15) is 11.3 Å². The van der Waals surface area contributed by atoms with Crippen molar-refractivity contribution in [3.05, 3.63) is 58.1 Å². The average Bonchev–Trinajstić information content (AvgIpc) is 3.36. The molecule has 5 rings (SSSR count). The summed E-state index contributed by atoms with van der Waals surface area (Å²) in [5, 5.41) is 17.0. The number of imide groups is 1. The summed E-state index contributed by atoms with van der Waals surface area (Å²) >= 11 is 6.32. The number of aliphatic hydroxyl groups is 1. The van der Waals surface area contributed by atoms with Crippen molar-refractivity contribution in [2.24, 2.45) is 11.8 Å². The Kier molecular flexibility index (Phi) is 5.00.